The van der Waals surface area contributed by atoms with E-state index in [4.69, 9.17) is 5.73 Å². The first-order valence-corrected chi connectivity index (χ1v) is 8.30. The largest absolute Gasteiger partial charge is 0.327 e. The van der Waals surface area contributed by atoms with Gasteiger partial charge in [-0.05, 0) is 65.2 Å². The Balaban J connectivity index is 1.74. The zero-order chi connectivity index (χ0) is 14.3. The highest BCUT2D eigenvalue weighted by atomic mass is 79.9. The van der Waals surface area contributed by atoms with Crippen molar-refractivity contribution in [2.75, 3.05) is 13.1 Å². The summed E-state index contributed by atoms with van der Waals surface area (Å²) in [4.78, 5) is 2.51. The molecule has 0 bridgehead atoms. The second-order valence-electron chi connectivity index (χ2n) is 6.32. The molecule has 1 aromatic carbocycles. The topological polar surface area (TPSA) is 29.3 Å². The van der Waals surface area contributed by atoms with Crippen molar-refractivity contribution < 1.29 is 4.39 Å². The van der Waals surface area contributed by atoms with Crippen LogP contribution in [0.15, 0.2) is 22.7 Å². The van der Waals surface area contributed by atoms with Crippen LogP contribution < -0.4 is 5.73 Å². The number of halogens is 2. The molecule has 2 N–H and O–H groups in total. The molecule has 20 heavy (non-hydrogen) atoms. The first kappa shape index (κ1) is 14.5. The molecule has 1 aliphatic carbocycles. The second kappa shape index (κ2) is 5.74. The van der Waals surface area contributed by atoms with Crippen molar-refractivity contribution >= 4 is 15.9 Å². The zero-order valence-corrected chi connectivity index (χ0v) is 13.4. The Kier molecular flexibility index (Phi) is 4.16. The van der Waals surface area contributed by atoms with Gasteiger partial charge in [-0.3, -0.25) is 4.90 Å². The highest BCUT2D eigenvalue weighted by Crippen LogP contribution is 2.39. The molecule has 1 aliphatic heterocycles. The van der Waals surface area contributed by atoms with Crippen molar-refractivity contribution in [2.45, 2.75) is 38.3 Å². The van der Waals surface area contributed by atoms with E-state index in [1.54, 1.807) is 6.07 Å². The molecule has 0 aromatic heterocycles. The average molecular weight is 341 g/mol. The fourth-order valence-electron chi connectivity index (χ4n) is 3.85. The molecule has 4 unspecified atom stereocenters. The lowest BCUT2D eigenvalue weighted by Crippen LogP contribution is -2.38. The van der Waals surface area contributed by atoms with E-state index < -0.39 is 0 Å². The van der Waals surface area contributed by atoms with Crippen LogP contribution in [-0.4, -0.2) is 24.0 Å². The number of benzene rings is 1. The van der Waals surface area contributed by atoms with Gasteiger partial charge in [0.1, 0.15) is 5.82 Å². The van der Waals surface area contributed by atoms with Crippen LogP contribution in [0.2, 0.25) is 0 Å². The molecule has 1 heterocycles. The van der Waals surface area contributed by atoms with Gasteiger partial charge in [0.2, 0.25) is 0 Å². The van der Waals surface area contributed by atoms with Crippen molar-refractivity contribution in [3.63, 3.8) is 0 Å². The number of hydrogen-bond acceptors (Lipinski definition) is 2. The third-order valence-corrected chi connectivity index (χ3v) is 5.76. The second-order valence-corrected chi connectivity index (χ2v) is 7.18. The van der Waals surface area contributed by atoms with Gasteiger partial charge in [-0.25, -0.2) is 4.39 Å². The number of fused-ring (bicyclic) bond motifs is 1. The molecule has 0 spiro atoms. The van der Waals surface area contributed by atoms with E-state index in [0.29, 0.717) is 22.5 Å². The van der Waals surface area contributed by atoms with Gasteiger partial charge in [0, 0.05) is 25.2 Å². The molecule has 2 nitrogen and oxygen atoms in total. The molecule has 110 valence electrons. The molecule has 1 aromatic rings. The lowest BCUT2D eigenvalue weighted by atomic mass is 9.78. The van der Waals surface area contributed by atoms with Crippen LogP contribution in [0.5, 0.6) is 0 Å². The van der Waals surface area contributed by atoms with Crippen LogP contribution in [-0.2, 0) is 0 Å². The number of rotatable bonds is 2. The Labute approximate surface area is 128 Å². The lowest BCUT2D eigenvalue weighted by Gasteiger charge is -2.30. The number of likely N-dealkylation sites (tertiary alicyclic amines) is 1. The van der Waals surface area contributed by atoms with Crippen molar-refractivity contribution in [3.05, 3.63) is 34.1 Å². The molecule has 4 heteroatoms. The summed E-state index contributed by atoms with van der Waals surface area (Å²) < 4.78 is 13.9. The summed E-state index contributed by atoms with van der Waals surface area (Å²) in [6.07, 6.45) is 3.76. The summed E-state index contributed by atoms with van der Waals surface area (Å²) in [5.74, 6) is 1.21. The molecular weight excluding hydrogens is 319 g/mol. The molecule has 1 saturated carbocycles. The Morgan fingerprint density at radius 1 is 1.35 bits per heavy atom. The summed E-state index contributed by atoms with van der Waals surface area (Å²) in [5, 5.41) is 0. The summed E-state index contributed by atoms with van der Waals surface area (Å²) in [6, 6.07) is 6.04. The van der Waals surface area contributed by atoms with Crippen molar-refractivity contribution in [2.24, 2.45) is 17.6 Å². The minimum absolute atomic E-state index is 0.196. The quantitative estimate of drug-likeness (QED) is 0.889. The Morgan fingerprint density at radius 2 is 2.15 bits per heavy atom. The maximum Gasteiger partial charge on any atom is 0.137 e. The average Bonchev–Trinajstić information content (AvgIpc) is 2.86. The van der Waals surface area contributed by atoms with Crippen LogP contribution in [0, 0.1) is 17.7 Å². The van der Waals surface area contributed by atoms with Crippen LogP contribution >= 0.6 is 15.9 Å². The predicted octanol–water partition coefficient (Wildman–Crippen LogP) is 3.71. The smallest absolute Gasteiger partial charge is 0.137 e. The van der Waals surface area contributed by atoms with Crippen LogP contribution in [0.4, 0.5) is 4.39 Å². The van der Waals surface area contributed by atoms with E-state index in [-0.39, 0.29) is 5.82 Å². The molecule has 0 radical (unpaired) electrons. The van der Waals surface area contributed by atoms with Gasteiger partial charge in [0.25, 0.3) is 0 Å². The molecule has 1 saturated heterocycles. The SMILES string of the molecule is CC(c1ccc(F)c(Br)c1)N1CC2CCCC(N)C2C1. The molecule has 2 fully saturated rings. The van der Waals surface area contributed by atoms with Crippen molar-refractivity contribution in [1.82, 2.24) is 4.90 Å². The third-order valence-electron chi connectivity index (χ3n) is 5.16. The molecule has 3 rings (SSSR count). The Morgan fingerprint density at radius 3 is 2.85 bits per heavy atom. The first-order valence-electron chi connectivity index (χ1n) is 7.51. The van der Waals surface area contributed by atoms with Crippen molar-refractivity contribution in [1.29, 1.82) is 0 Å². The maximum atomic E-state index is 13.4. The van der Waals surface area contributed by atoms with Crippen LogP contribution in [0.25, 0.3) is 0 Å². The Hall–Kier alpha value is -0.450. The minimum atomic E-state index is -0.196. The summed E-state index contributed by atoms with van der Waals surface area (Å²) in [7, 11) is 0. The monoisotopic (exact) mass is 340 g/mol. The van der Waals surface area contributed by atoms with Gasteiger partial charge in [0.05, 0.1) is 4.47 Å². The predicted molar refractivity (Wildman–Crippen MR) is 82.9 cm³/mol. The van der Waals surface area contributed by atoms with Gasteiger partial charge >= 0.3 is 0 Å². The fraction of sp³-hybridized carbons (Fsp3) is 0.625. The standard InChI is InChI=1S/C16H22BrFN2/c1-10(11-5-6-15(18)14(17)7-11)20-8-12-3-2-4-16(19)13(12)9-20/h5-7,10,12-13,16H,2-4,8-9,19H2,1H3. The lowest BCUT2D eigenvalue weighted by molar-refractivity contribution is 0.245. The molecule has 4 atom stereocenters. The van der Waals surface area contributed by atoms with E-state index in [1.807, 2.05) is 12.1 Å². The van der Waals surface area contributed by atoms with Gasteiger partial charge in [-0.15, -0.1) is 0 Å². The number of nitrogens with two attached hydrogens (primary N) is 1. The summed E-state index contributed by atoms with van der Waals surface area (Å²) in [5.41, 5.74) is 7.45. The maximum absolute atomic E-state index is 13.4. The normalized spacial score (nSPS) is 32.1. The first-order chi connectivity index (χ1) is 9.56. The summed E-state index contributed by atoms with van der Waals surface area (Å²) in [6.45, 7) is 4.43. The van der Waals surface area contributed by atoms with E-state index >= 15 is 0 Å². The van der Waals surface area contributed by atoms with Gasteiger partial charge in [-0.1, -0.05) is 12.5 Å². The number of nitrogens with zero attached hydrogens (tertiary/aromatic N) is 1. The van der Waals surface area contributed by atoms with Gasteiger partial charge in [-0.2, -0.15) is 0 Å². The molecule has 2 aliphatic rings. The van der Waals surface area contributed by atoms with Gasteiger partial charge < -0.3 is 5.73 Å². The van der Waals surface area contributed by atoms with Crippen molar-refractivity contribution in [3.8, 4) is 0 Å². The van der Waals surface area contributed by atoms with Crippen LogP contribution in [0.1, 0.15) is 37.8 Å². The van der Waals surface area contributed by atoms with E-state index in [9.17, 15) is 4.39 Å². The fourth-order valence-corrected chi connectivity index (χ4v) is 4.25. The minimum Gasteiger partial charge on any atom is -0.327 e. The zero-order valence-electron chi connectivity index (χ0n) is 11.9. The van der Waals surface area contributed by atoms with E-state index in [1.165, 1.54) is 24.8 Å². The summed E-state index contributed by atoms with van der Waals surface area (Å²) >= 11 is 3.28. The molecular formula is C16H22BrFN2. The third kappa shape index (κ3) is 2.66. The molecule has 0 amide bonds. The highest BCUT2D eigenvalue weighted by molar-refractivity contribution is 9.10. The Bertz CT molecular complexity index is 493. The van der Waals surface area contributed by atoms with E-state index in [0.717, 1.165) is 19.0 Å². The highest BCUT2D eigenvalue weighted by Gasteiger charge is 2.40. The van der Waals surface area contributed by atoms with E-state index in [2.05, 4.69) is 27.8 Å². The van der Waals surface area contributed by atoms with Gasteiger partial charge in [0.15, 0.2) is 0 Å². The van der Waals surface area contributed by atoms with Crippen LogP contribution in [0.3, 0.4) is 0 Å². The number of hydrogen-bond donors (Lipinski definition) is 1.